The van der Waals surface area contributed by atoms with Crippen LogP contribution >= 0.6 is 0 Å². The number of benzene rings is 1. The molecule has 35 heavy (non-hydrogen) atoms. The lowest BCUT2D eigenvalue weighted by atomic mass is 9.53. The monoisotopic (exact) mass is 478 g/mol. The zero-order valence-electron chi connectivity index (χ0n) is 18.7. The summed E-state index contributed by atoms with van der Waals surface area (Å²) in [7, 11) is 1.49. The summed E-state index contributed by atoms with van der Waals surface area (Å²) in [6, 6.07) is 4.71. The van der Waals surface area contributed by atoms with Crippen LogP contribution in [0.2, 0.25) is 0 Å². The normalized spacial score (nSPS) is 29.8. The molecule has 0 spiro atoms. The van der Waals surface area contributed by atoms with Crippen molar-refractivity contribution in [2.24, 2.45) is 29.4 Å². The summed E-state index contributed by atoms with van der Waals surface area (Å²) in [5.74, 6) is -9.87. The maximum atomic E-state index is 13.6. The van der Waals surface area contributed by atoms with E-state index in [2.05, 4.69) is 4.98 Å². The number of ketones is 4. The van der Waals surface area contributed by atoms with Gasteiger partial charge in [0.15, 0.2) is 34.7 Å². The number of aromatic hydroxyl groups is 1. The fraction of sp³-hybridized carbons (Fsp3) is 0.360. The van der Waals surface area contributed by atoms with Crippen molar-refractivity contribution in [2.45, 2.75) is 24.9 Å². The van der Waals surface area contributed by atoms with Gasteiger partial charge >= 0.3 is 0 Å². The molecule has 3 aliphatic carbocycles. The number of ether oxygens (including phenoxy) is 1. The van der Waals surface area contributed by atoms with Crippen molar-refractivity contribution in [1.29, 1.82) is 0 Å². The van der Waals surface area contributed by atoms with E-state index in [0.29, 0.717) is 22.4 Å². The summed E-state index contributed by atoms with van der Waals surface area (Å²) in [4.78, 5) is 68.4. The van der Waals surface area contributed by atoms with E-state index in [-0.39, 0.29) is 30.6 Å². The molecule has 1 amide bonds. The lowest BCUT2D eigenvalue weighted by Gasteiger charge is -2.48. The molecule has 0 bridgehead atoms. The Hall–Kier alpha value is -3.92. The highest BCUT2D eigenvalue weighted by molar-refractivity contribution is 6.31. The van der Waals surface area contributed by atoms with E-state index >= 15 is 0 Å². The third-order valence-electron chi connectivity index (χ3n) is 7.55. The third-order valence-corrected chi connectivity index (χ3v) is 7.55. The first-order valence-electron chi connectivity index (χ1n) is 11.1. The largest absolute Gasteiger partial charge is 0.507 e. The number of nitrogens with two attached hydrogens (primary N) is 1. The topological polar surface area (TPSA) is 174 Å². The van der Waals surface area contributed by atoms with Gasteiger partial charge in [0.1, 0.15) is 11.5 Å². The second-order valence-electron chi connectivity index (χ2n) is 9.34. The first-order valence-corrected chi connectivity index (χ1v) is 11.1. The first kappa shape index (κ1) is 22.9. The first-order chi connectivity index (χ1) is 16.6. The van der Waals surface area contributed by atoms with Gasteiger partial charge in [-0.15, -0.1) is 0 Å². The maximum absolute atomic E-state index is 13.6. The number of amides is 1. The van der Waals surface area contributed by atoms with Crippen LogP contribution in [0.15, 0.2) is 30.6 Å². The molecule has 5 atom stereocenters. The SMILES string of the molecule is COc1cncc(-c2ccc(O)c3c2C[C@H]2C[C@H]4CC(=O)C(C(N)=O)C(=O)[C@@]4(O)C(=O)C2C3=O)c1. The Morgan fingerprint density at radius 3 is 2.57 bits per heavy atom. The standard InChI is InChI=1S/C25H22N2O8/c1-35-13-5-11(8-27-9-13)14-2-3-16(28)19-15(14)6-10-4-12-7-17(29)20(24(26)33)23(32)25(12,34)22(31)18(10)21(19)30/h2-3,5,8-10,12,18,20,28,34H,4,6-7H2,1H3,(H2,26,33)/t10-,12+,18?,20?,25+/m1/s1. The molecule has 1 heterocycles. The molecule has 2 fully saturated rings. The van der Waals surface area contributed by atoms with Gasteiger partial charge in [-0.1, -0.05) is 6.07 Å². The number of primary amides is 1. The van der Waals surface area contributed by atoms with Crippen LogP contribution in [0.25, 0.3) is 11.1 Å². The van der Waals surface area contributed by atoms with Crippen LogP contribution in [0.1, 0.15) is 28.8 Å². The molecule has 0 aliphatic heterocycles. The average molecular weight is 478 g/mol. The summed E-state index contributed by atoms with van der Waals surface area (Å²) in [6.07, 6.45) is 2.95. The van der Waals surface area contributed by atoms with Gasteiger partial charge in [-0.3, -0.25) is 29.0 Å². The number of aromatic nitrogens is 1. The molecule has 3 aliphatic rings. The highest BCUT2D eigenvalue weighted by Gasteiger charge is 2.66. The zero-order chi connectivity index (χ0) is 25.2. The van der Waals surface area contributed by atoms with Gasteiger partial charge in [-0.05, 0) is 42.0 Å². The fourth-order valence-corrected chi connectivity index (χ4v) is 5.92. The number of carbonyl (C=O) groups excluding carboxylic acids is 5. The number of aliphatic hydroxyl groups is 1. The summed E-state index contributed by atoms with van der Waals surface area (Å²) < 4.78 is 5.23. The molecule has 2 unspecified atom stereocenters. The minimum absolute atomic E-state index is 0.0342. The van der Waals surface area contributed by atoms with Crippen LogP contribution in [0.5, 0.6) is 11.5 Å². The smallest absolute Gasteiger partial charge is 0.235 e. The minimum Gasteiger partial charge on any atom is -0.507 e. The average Bonchev–Trinajstić information content (AvgIpc) is 2.81. The summed E-state index contributed by atoms with van der Waals surface area (Å²) in [5, 5.41) is 21.8. The molecule has 5 rings (SSSR count). The van der Waals surface area contributed by atoms with Gasteiger partial charge in [-0.25, -0.2) is 0 Å². The van der Waals surface area contributed by atoms with E-state index in [0.717, 1.165) is 0 Å². The Balaban J connectivity index is 1.61. The van der Waals surface area contributed by atoms with Crippen LogP contribution in [-0.2, 0) is 25.6 Å². The molecule has 1 aromatic carbocycles. The summed E-state index contributed by atoms with van der Waals surface area (Å²) in [5.41, 5.74) is 4.23. The number of nitrogens with zero attached hydrogens (tertiary/aromatic N) is 1. The fourth-order valence-electron chi connectivity index (χ4n) is 5.92. The van der Waals surface area contributed by atoms with E-state index in [1.54, 1.807) is 18.3 Å². The van der Waals surface area contributed by atoms with Crippen molar-refractivity contribution >= 4 is 29.0 Å². The molecular formula is C25H22N2O8. The van der Waals surface area contributed by atoms with Gasteiger partial charge < -0.3 is 20.7 Å². The van der Waals surface area contributed by atoms with Crippen molar-refractivity contribution in [3.8, 4) is 22.6 Å². The van der Waals surface area contributed by atoms with Crippen molar-refractivity contribution in [3.05, 3.63) is 41.7 Å². The lowest BCUT2D eigenvalue weighted by molar-refractivity contribution is -0.175. The van der Waals surface area contributed by atoms with Gasteiger partial charge in [0, 0.05) is 24.1 Å². The highest BCUT2D eigenvalue weighted by Crippen LogP contribution is 2.51. The van der Waals surface area contributed by atoms with Crippen LogP contribution < -0.4 is 10.5 Å². The van der Waals surface area contributed by atoms with Crippen molar-refractivity contribution in [2.75, 3.05) is 7.11 Å². The Labute approximate surface area is 199 Å². The molecule has 2 saturated carbocycles. The Bertz CT molecular complexity index is 1330. The Kier molecular flexibility index (Phi) is 5.10. The van der Waals surface area contributed by atoms with Crippen LogP contribution in [0.4, 0.5) is 0 Å². The number of carbonyl (C=O) groups is 5. The van der Waals surface area contributed by atoms with Gasteiger partial charge in [-0.2, -0.15) is 0 Å². The van der Waals surface area contributed by atoms with Crippen LogP contribution in [0, 0.1) is 23.7 Å². The molecule has 4 N–H and O–H groups in total. The predicted octanol–water partition coefficient (Wildman–Crippen LogP) is 0.397. The van der Waals surface area contributed by atoms with Gasteiger partial charge in [0.2, 0.25) is 5.91 Å². The van der Waals surface area contributed by atoms with Crippen molar-refractivity contribution in [1.82, 2.24) is 4.98 Å². The molecule has 1 aromatic heterocycles. The molecule has 2 aromatic rings. The number of fused-ring (bicyclic) bond motifs is 3. The van der Waals surface area contributed by atoms with Crippen molar-refractivity contribution < 1.29 is 38.9 Å². The quantitative estimate of drug-likeness (QED) is 0.527. The van der Waals surface area contributed by atoms with E-state index in [1.807, 2.05) is 0 Å². The van der Waals surface area contributed by atoms with Crippen molar-refractivity contribution in [3.63, 3.8) is 0 Å². The second-order valence-corrected chi connectivity index (χ2v) is 9.34. The number of hydrogen-bond donors (Lipinski definition) is 3. The number of hydrogen-bond acceptors (Lipinski definition) is 9. The summed E-state index contributed by atoms with van der Waals surface area (Å²) in [6.45, 7) is 0. The summed E-state index contributed by atoms with van der Waals surface area (Å²) >= 11 is 0. The zero-order valence-corrected chi connectivity index (χ0v) is 18.7. The van der Waals surface area contributed by atoms with Gasteiger partial charge in [0.05, 0.1) is 24.8 Å². The molecular weight excluding hydrogens is 456 g/mol. The second kappa shape index (κ2) is 7.81. The van der Waals surface area contributed by atoms with E-state index in [1.165, 1.54) is 19.4 Å². The highest BCUT2D eigenvalue weighted by atomic mass is 16.5. The van der Waals surface area contributed by atoms with E-state index < -0.39 is 58.3 Å². The predicted molar refractivity (Wildman–Crippen MR) is 118 cm³/mol. The molecule has 0 saturated heterocycles. The molecule has 180 valence electrons. The maximum Gasteiger partial charge on any atom is 0.235 e. The van der Waals surface area contributed by atoms with Crippen LogP contribution in [-0.4, -0.2) is 56.9 Å². The number of rotatable bonds is 3. The lowest BCUT2D eigenvalue weighted by Crippen LogP contribution is -2.68. The van der Waals surface area contributed by atoms with E-state index in [9.17, 15) is 34.2 Å². The number of phenolic OH excluding ortho intramolecular Hbond substituents is 1. The number of methoxy groups -OCH3 is 1. The van der Waals surface area contributed by atoms with Gasteiger partial charge in [0.25, 0.3) is 0 Å². The third kappa shape index (κ3) is 3.13. The van der Waals surface area contributed by atoms with E-state index in [4.69, 9.17) is 10.5 Å². The molecule has 10 heteroatoms. The number of Topliss-reactive ketones (excluding diaryl/α,β-unsaturated/α-hetero) is 4. The number of pyridine rings is 1. The van der Waals surface area contributed by atoms with Crippen LogP contribution in [0.3, 0.4) is 0 Å². The molecule has 10 nitrogen and oxygen atoms in total. The molecule has 0 radical (unpaired) electrons. The minimum atomic E-state index is -2.66. The number of phenols is 1. The Morgan fingerprint density at radius 1 is 1.14 bits per heavy atom. The Morgan fingerprint density at radius 2 is 1.89 bits per heavy atom.